The molecule has 0 N–H and O–H groups in total. The van der Waals surface area contributed by atoms with Gasteiger partial charge in [0.2, 0.25) is 0 Å². The Kier molecular flexibility index (Phi) is 4.18. The van der Waals surface area contributed by atoms with Crippen molar-refractivity contribution in [3.05, 3.63) is 47.0 Å². The zero-order chi connectivity index (χ0) is 14.0. The lowest BCUT2D eigenvalue weighted by Crippen LogP contribution is -2.10. The Labute approximate surface area is 117 Å². The second kappa shape index (κ2) is 5.68. The summed E-state index contributed by atoms with van der Waals surface area (Å²) in [6.07, 6.45) is 4.38. The highest BCUT2D eigenvalue weighted by Crippen LogP contribution is 2.21. The van der Waals surface area contributed by atoms with E-state index in [0.717, 1.165) is 19.4 Å². The second-order valence-electron chi connectivity index (χ2n) is 5.60. The smallest absolute Gasteiger partial charge is 0.0282 e. The van der Waals surface area contributed by atoms with Crippen LogP contribution in [0, 0.1) is 6.92 Å². The number of aromatic nitrogens is 2. The molecule has 2 heterocycles. The van der Waals surface area contributed by atoms with E-state index in [1.807, 2.05) is 0 Å². The van der Waals surface area contributed by atoms with Crippen molar-refractivity contribution in [1.82, 2.24) is 9.13 Å². The van der Waals surface area contributed by atoms with Gasteiger partial charge < -0.3 is 9.13 Å². The van der Waals surface area contributed by atoms with Crippen LogP contribution in [0.25, 0.3) is 0 Å². The Morgan fingerprint density at radius 2 is 1.74 bits per heavy atom. The Balaban J connectivity index is 2.35. The maximum Gasteiger partial charge on any atom is 0.0282 e. The minimum atomic E-state index is 0.533. The quantitative estimate of drug-likeness (QED) is 0.754. The van der Waals surface area contributed by atoms with Crippen molar-refractivity contribution < 1.29 is 0 Å². The Morgan fingerprint density at radius 1 is 1.05 bits per heavy atom. The monoisotopic (exact) mass is 258 g/mol. The van der Waals surface area contributed by atoms with Crippen LogP contribution in [0.2, 0.25) is 0 Å². The standard InChI is InChI=1S/C17H26N2/c1-6-15-8-9-16(19(15)13(3)4)11-17-10-14(5)12-18(17)7-2/h8-10,12-13H,6-7,11H2,1-5H3. The van der Waals surface area contributed by atoms with E-state index in [4.69, 9.17) is 0 Å². The molecule has 0 amide bonds. The molecule has 2 nitrogen and oxygen atoms in total. The summed E-state index contributed by atoms with van der Waals surface area (Å²) in [6.45, 7) is 12.2. The third-order valence-corrected chi connectivity index (χ3v) is 3.79. The highest BCUT2D eigenvalue weighted by molar-refractivity contribution is 5.26. The third kappa shape index (κ3) is 2.78. The molecule has 0 fully saturated rings. The van der Waals surface area contributed by atoms with Gasteiger partial charge in [-0.25, -0.2) is 0 Å². The second-order valence-corrected chi connectivity index (χ2v) is 5.60. The molecule has 0 bridgehead atoms. The molecule has 2 heteroatoms. The van der Waals surface area contributed by atoms with Crippen LogP contribution in [0.15, 0.2) is 24.4 Å². The predicted octanol–water partition coefficient (Wildman–Crippen LogP) is 4.35. The molecule has 0 aliphatic carbocycles. The van der Waals surface area contributed by atoms with E-state index in [1.165, 1.54) is 22.6 Å². The summed E-state index contributed by atoms with van der Waals surface area (Å²) in [6, 6.07) is 7.42. The molecule has 2 aromatic rings. The lowest BCUT2D eigenvalue weighted by Gasteiger charge is -2.17. The average molecular weight is 258 g/mol. The molecule has 0 aliphatic heterocycles. The van der Waals surface area contributed by atoms with E-state index in [1.54, 1.807) is 0 Å². The summed E-state index contributed by atoms with van der Waals surface area (Å²) in [5.41, 5.74) is 5.65. The molecule has 0 aliphatic rings. The Morgan fingerprint density at radius 3 is 2.32 bits per heavy atom. The Hall–Kier alpha value is -1.44. The largest absolute Gasteiger partial charge is 0.351 e. The lowest BCUT2D eigenvalue weighted by atomic mass is 10.2. The molecule has 19 heavy (non-hydrogen) atoms. The number of hydrogen-bond acceptors (Lipinski definition) is 0. The molecule has 0 spiro atoms. The predicted molar refractivity (Wildman–Crippen MR) is 81.8 cm³/mol. The summed E-state index contributed by atoms with van der Waals surface area (Å²) >= 11 is 0. The highest BCUT2D eigenvalue weighted by atomic mass is 15.0. The summed E-state index contributed by atoms with van der Waals surface area (Å²) < 4.78 is 4.85. The van der Waals surface area contributed by atoms with Crippen molar-refractivity contribution in [2.24, 2.45) is 0 Å². The summed E-state index contributed by atoms with van der Waals surface area (Å²) in [4.78, 5) is 0. The van der Waals surface area contributed by atoms with E-state index >= 15 is 0 Å². The fourth-order valence-electron chi connectivity index (χ4n) is 2.98. The summed E-state index contributed by atoms with van der Waals surface area (Å²) in [5.74, 6) is 0. The molecule has 0 saturated heterocycles. The van der Waals surface area contributed by atoms with Gasteiger partial charge in [-0.1, -0.05) is 6.92 Å². The van der Waals surface area contributed by atoms with Crippen LogP contribution in [0.4, 0.5) is 0 Å². The van der Waals surface area contributed by atoms with Gasteiger partial charge in [-0.2, -0.15) is 0 Å². The molecular weight excluding hydrogens is 232 g/mol. The highest BCUT2D eigenvalue weighted by Gasteiger charge is 2.12. The maximum atomic E-state index is 2.49. The van der Waals surface area contributed by atoms with Crippen LogP contribution >= 0.6 is 0 Å². The minimum absolute atomic E-state index is 0.533. The molecule has 104 valence electrons. The van der Waals surface area contributed by atoms with Crippen LogP contribution in [-0.2, 0) is 19.4 Å². The molecule has 0 radical (unpaired) electrons. The first-order valence-corrected chi connectivity index (χ1v) is 7.41. The summed E-state index contributed by atoms with van der Waals surface area (Å²) in [5, 5.41) is 0. The molecule has 0 unspecified atom stereocenters. The van der Waals surface area contributed by atoms with Gasteiger partial charge in [-0.3, -0.25) is 0 Å². The maximum absolute atomic E-state index is 2.49. The van der Waals surface area contributed by atoms with Gasteiger partial charge in [0.15, 0.2) is 0 Å². The molecule has 0 saturated carbocycles. The number of nitrogens with zero attached hydrogens (tertiary/aromatic N) is 2. The zero-order valence-electron chi connectivity index (χ0n) is 12.9. The van der Waals surface area contributed by atoms with Crippen molar-refractivity contribution in [2.45, 2.75) is 60.0 Å². The topological polar surface area (TPSA) is 9.86 Å². The van der Waals surface area contributed by atoms with Crippen LogP contribution in [0.5, 0.6) is 0 Å². The van der Waals surface area contributed by atoms with E-state index < -0.39 is 0 Å². The lowest BCUT2D eigenvalue weighted by molar-refractivity contribution is 0.555. The van der Waals surface area contributed by atoms with Gasteiger partial charge in [0, 0.05) is 42.3 Å². The first-order chi connectivity index (χ1) is 9.06. The fourth-order valence-corrected chi connectivity index (χ4v) is 2.98. The van der Waals surface area contributed by atoms with Crippen molar-refractivity contribution in [1.29, 1.82) is 0 Å². The first-order valence-electron chi connectivity index (χ1n) is 7.41. The van der Waals surface area contributed by atoms with Crippen molar-refractivity contribution in [2.75, 3.05) is 0 Å². The molecular formula is C17H26N2. The van der Waals surface area contributed by atoms with Gasteiger partial charge in [-0.05, 0) is 57.9 Å². The van der Waals surface area contributed by atoms with Gasteiger partial charge in [0.05, 0.1) is 0 Å². The van der Waals surface area contributed by atoms with Crippen LogP contribution in [-0.4, -0.2) is 9.13 Å². The van der Waals surface area contributed by atoms with Crippen LogP contribution in [0.3, 0.4) is 0 Å². The first kappa shape index (κ1) is 14.0. The van der Waals surface area contributed by atoms with Crippen molar-refractivity contribution >= 4 is 0 Å². The summed E-state index contributed by atoms with van der Waals surface area (Å²) in [7, 11) is 0. The number of aryl methyl sites for hydroxylation is 3. The van der Waals surface area contributed by atoms with Crippen LogP contribution < -0.4 is 0 Å². The van der Waals surface area contributed by atoms with E-state index in [0.29, 0.717) is 6.04 Å². The van der Waals surface area contributed by atoms with Crippen LogP contribution in [0.1, 0.15) is 56.4 Å². The molecule has 2 rings (SSSR count). The minimum Gasteiger partial charge on any atom is -0.351 e. The number of rotatable bonds is 5. The van der Waals surface area contributed by atoms with Gasteiger partial charge >= 0.3 is 0 Å². The third-order valence-electron chi connectivity index (χ3n) is 3.79. The zero-order valence-corrected chi connectivity index (χ0v) is 12.9. The van der Waals surface area contributed by atoms with Gasteiger partial charge in [0.1, 0.15) is 0 Å². The van der Waals surface area contributed by atoms with E-state index in [9.17, 15) is 0 Å². The van der Waals surface area contributed by atoms with Gasteiger partial charge in [0.25, 0.3) is 0 Å². The Bertz CT molecular complexity index is 544. The SMILES string of the molecule is CCc1ccc(Cc2cc(C)cn2CC)n1C(C)C. The van der Waals surface area contributed by atoms with Crippen molar-refractivity contribution in [3.63, 3.8) is 0 Å². The van der Waals surface area contributed by atoms with E-state index in [2.05, 4.69) is 68.1 Å². The normalized spacial score (nSPS) is 11.5. The van der Waals surface area contributed by atoms with Gasteiger partial charge in [-0.15, -0.1) is 0 Å². The fraction of sp³-hybridized carbons (Fsp3) is 0.529. The molecule has 0 atom stereocenters. The average Bonchev–Trinajstić information content (AvgIpc) is 2.92. The molecule has 2 aromatic heterocycles. The van der Waals surface area contributed by atoms with Crippen molar-refractivity contribution in [3.8, 4) is 0 Å². The number of hydrogen-bond donors (Lipinski definition) is 0. The van der Waals surface area contributed by atoms with E-state index in [-0.39, 0.29) is 0 Å². The molecule has 0 aromatic carbocycles.